The van der Waals surface area contributed by atoms with Gasteiger partial charge in [-0.25, -0.2) is 9.18 Å². The van der Waals surface area contributed by atoms with Gasteiger partial charge in [-0.05, 0) is 25.1 Å². The highest BCUT2D eigenvalue weighted by Gasteiger charge is 2.18. The number of nitrogens with two attached hydrogens (primary N) is 1. The number of carbonyl (C=O) groups is 1. The highest BCUT2D eigenvalue weighted by molar-refractivity contribution is 5.98. The number of halogens is 1. The summed E-state index contributed by atoms with van der Waals surface area (Å²) in [6.07, 6.45) is 0. The van der Waals surface area contributed by atoms with Gasteiger partial charge in [0.15, 0.2) is 0 Å². The van der Waals surface area contributed by atoms with E-state index in [2.05, 4.69) is 0 Å². The summed E-state index contributed by atoms with van der Waals surface area (Å²) in [6, 6.07) is 11.0. The van der Waals surface area contributed by atoms with Gasteiger partial charge in [0.1, 0.15) is 23.7 Å². The maximum absolute atomic E-state index is 13.5. The molecule has 110 valence electrons. The van der Waals surface area contributed by atoms with E-state index in [1.807, 2.05) is 0 Å². The Labute approximate surface area is 122 Å². The molecule has 0 amide bonds. The molecule has 0 fully saturated rings. The molecule has 0 bridgehead atoms. The lowest BCUT2D eigenvalue weighted by Crippen LogP contribution is -2.11. The maximum Gasteiger partial charge on any atom is 0.344 e. The first-order chi connectivity index (χ1) is 10.1. The van der Waals surface area contributed by atoms with E-state index < -0.39 is 11.8 Å². The van der Waals surface area contributed by atoms with E-state index in [1.54, 1.807) is 43.3 Å². The molecule has 4 nitrogen and oxygen atoms in total. The minimum absolute atomic E-state index is 0.161. The zero-order valence-corrected chi connectivity index (χ0v) is 11.6. The summed E-state index contributed by atoms with van der Waals surface area (Å²) in [5, 5.41) is 0. The molecule has 0 aliphatic rings. The Morgan fingerprint density at radius 2 is 1.95 bits per heavy atom. The van der Waals surface area contributed by atoms with Crippen LogP contribution >= 0.6 is 0 Å². The van der Waals surface area contributed by atoms with Crippen molar-refractivity contribution in [3.63, 3.8) is 0 Å². The van der Waals surface area contributed by atoms with Gasteiger partial charge in [-0.3, -0.25) is 0 Å². The topological polar surface area (TPSA) is 61.5 Å². The smallest absolute Gasteiger partial charge is 0.344 e. The van der Waals surface area contributed by atoms with Crippen LogP contribution in [0.25, 0.3) is 0 Å². The lowest BCUT2D eigenvalue weighted by Gasteiger charge is -2.12. The normalized spacial score (nSPS) is 10.2. The molecule has 0 heterocycles. The summed E-state index contributed by atoms with van der Waals surface area (Å²) in [5.41, 5.74) is 6.53. The number of carbonyl (C=O) groups excluding carboxylic acids is 1. The molecule has 0 unspecified atom stereocenters. The van der Waals surface area contributed by atoms with Crippen molar-refractivity contribution in [2.75, 3.05) is 12.3 Å². The van der Waals surface area contributed by atoms with Crippen molar-refractivity contribution in [3.8, 4) is 5.75 Å². The molecule has 0 spiro atoms. The summed E-state index contributed by atoms with van der Waals surface area (Å²) in [6.45, 7) is 2.04. The average molecular weight is 289 g/mol. The highest BCUT2D eigenvalue weighted by atomic mass is 19.1. The van der Waals surface area contributed by atoms with Gasteiger partial charge in [0.25, 0.3) is 0 Å². The molecule has 0 aliphatic carbocycles. The minimum atomic E-state index is -0.639. The molecule has 0 saturated carbocycles. The number of hydrogen-bond donors (Lipinski definition) is 1. The predicted octanol–water partition coefficient (Wildman–Crippen LogP) is 3.16. The summed E-state index contributed by atoms with van der Waals surface area (Å²) in [5.74, 6) is -0.702. The van der Waals surface area contributed by atoms with Gasteiger partial charge in [0.05, 0.1) is 6.61 Å². The van der Waals surface area contributed by atoms with E-state index in [0.717, 1.165) is 0 Å². The van der Waals surface area contributed by atoms with Crippen LogP contribution in [0.1, 0.15) is 22.8 Å². The van der Waals surface area contributed by atoms with Gasteiger partial charge >= 0.3 is 5.97 Å². The van der Waals surface area contributed by atoms with Gasteiger partial charge in [-0.1, -0.05) is 24.3 Å². The van der Waals surface area contributed by atoms with Crippen molar-refractivity contribution in [2.45, 2.75) is 13.5 Å². The van der Waals surface area contributed by atoms with Crippen molar-refractivity contribution in [2.24, 2.45) is 0 Å². The third kappa shape index (κ3) is 3.51. The SMILES string of the molecule is CCOc1cccc(N)c1C(=O)OCc1ccccc1F. The molecular formula is C16H16FNO3. The Balaban J connectivity index is 2.16. The second-order valence-electron chi connectivity index (χ2n) is 4.32. The van der Waals surface area contributed by atoms with Crippen molar-refractivity contribution >= 4 is 11.7 Å². The van der Waals surface area contributed by atoms with Crippen molar-refractivity contribution in [1.29, 1.82) is 0 Å². The monoisotopic (exact) mass is 289 g/mol. The Hall–Kier alpha value is -2.56. The zero-order chi connectivity index (χ0) is 15.2. The van der Waals surface area contributed by atoms with E-state index in [9.17, 15) is 9.18 Å². The first kappa shape index (κ1) is 14.8. The van der Waals surface area contributed by atoms with Crippen LogP contribution in [0.3, 0.4) is 0 Å². The number of rotatable bonds is 5. The Morgan fingerprint density at radius 3 is 2.67 bits per heavy atom. The Morgan fingerprint density at radius 1 is 1.19 bits per heavy atom. The van der Waals surface area contributed by atoms with Crippen molar-refractivity contribution < 1.29 is 18.7 Å². The number of nitrogen functional groups attached to an aromatic ring is 1. The lowest BCUT2D eigenvalue weighted by atomic mass is 10.1. The maximum atomic E-state index is 13.5. The predicted molar refractivity (Wildman–Crippen MR) is 77.5 cm³/mol. The van der Waals surface area contributed by atoms with E-state index in [0.29, 0.717) is 17.9 Å². The largest absolute Gasteiger partial charge is 0.493 e. The number of ether oxygens (including phenoxy) is 2. The van der Waals surface area contributed by atoms with Gasteiger partial charge in [-0.2, -0.15) is 0 Å². The third-order valence-electron chi connectivity index (χ3n) is 2.88. The van der Waals surface area contributed by atoms with Crippen molar-refractivity contribution in [1.82, 2.24) is 0 Å². The van der Waals surface area contributed by atoms with E-state index in [4.69, 9.17) is 15.2 Å². The van der Waals surface area contributed by atoms with Crippen LogP contribution in [0.5, 0.6) is 5.75 Å². The molecule has 2 aromatic carbocycles. The fourth-order valence-corrected chi connectivity index (χ4v) is 1.87. The third-order valence-corrected chi connectivity index (χ3v) is 2.88. The number of benzene rings is 2. The molecule has 0 aliphatic heterocycles. The Bertz CT molecular complexity index is 643. The first-order valence-corrected chi connectivity index (χ1v) is 6.55. The van der Waals surface area contributed by atoms with Crippen molar-refractivity contribution in [3.05, 3.63) is 59.4 Å². The van der Waals surface area contributed by atoms with Gasteiger partial charge in [0.2, 0.25) is 0 Å². The van der Waals surface area contributed by atoms with E-state index in [-0.39, 0.29) is 17.9 Å². The van der Waals surface area contributed by atoms with Crippen LogP contribution in [-0.4, -0.2) is 12.6 Å². The summed E-state index contributed by atoms with van der Waals surface area (Å²) < 4.78 is 24.0. The van der Waals surface area contributed by atoms with E-state index in [1.165, 1.54) is 6.07 Å². The summed E-state index contributed by atoms with van der Waals surface area (Å²) in [4.78, 5) is 12.1. The van der Waals surface area contributed by atoms with Gasteiger partial charge < -0.3 is 15.2 Å². The number of esters is 1. The molecule has 0 radical (unpaired) electrons. The molecule has 5 heteroatoms. The first-order valence-electron chi connectivity index (χ1n) is 6.55. The Kier molecular flexibility index (Phi) is 4.77. The molecule has 21 heavy (non-hydrogen) atoms. The van der Waals surface area contributed by atoms with Crippen LogP contribution in [0, 0.1) is 5.82 Å². The molecule has 2 N–H and O–H groups in total. The second-order valence-corrected chi connectivity index (χ2v) is 4.32. The van der Waals surface area contributed by atoms with Crippen LogP contribution in [0.4, 0.5) is 10.1 Å². The summed E-state index contributed by atoms with van der Waals surface area (Å²) >= 11 is 0. The average Bonchev–Trinajstić information content (AvgIpc) is 2.47. The fraction of sp³-hybridized carbons (Fsp3) is 0.188. The minimum Gasteiger partial charge on any atom is -0.493 e. The lowest BCUT2D eigenvalue weighted by molar-refractivity contribution is 0.0466. The van der Waals surface area contributed by atoms with Crippen LogP contribution in [-0.2, 0) is 11.3 Å². The van der Waals surface area contributed by atoms with Gasteiger partial charge in [-0.15, -0.1) is 0 Å². The molecule has 0 aromatic heterocycles. The molecule has 0 saturated heterocycles. The molecular weight excluding hydrogens is 273 g/mol. The van der Waals surface area contributed by atoms with Crippen LogP contribution in [0.2, 0.25) is 0 Å². The zero-order valence-electron chi connectivity index (χ0n) is 11.6. The van der Waals surface area contributed by atoms with E-state index >= 15 is 0 Å². The van der Waals surface area contributed by atoms with Crippen LogP contribution in [0.15, 0.2) is 42.5 Å². The molecule has 2 rings (SSSR count). The van der Waals surface area contributed by atoms with Gasteiger partial charge in [0, 0.05) is 11.3 Å². The quantitative estimate of drug-likeness (QED) is 0.678. The number of hydrogen-bond acceptors (Lipinski definition) is 4. The molecule has 0 atom stereocenters. The summed E-state index contributed by atoms with van der Waals surface area (Å²) in [7, 11) is 0. The number of anilines is 1. The second kappa shape index (κ2) is 6.74. The standard InChI is InChI=1S/C16H16FNO3/c1-2-20-14-9-5-8-13(18)15(14)16(19)21-10-11-6-3-4-7-12(11)17/h3-9H,2,10,18H2,1H3. The van der Waals surface area contributed by atoms with Crippen LogP contribution < -0.4 is 10.5 Å². The fourth-order valence-electron chi connectivity index (χ4n) is 1.87. The highest BCUT2D eigenvalue weighted by Crippen LogP contribution is 2.25. The molecule has 2 aromatic rings.